The van der Waals surface area contributed by atoms with Crippen molar-refractivity contribution in [2.24, 2.45) is 5.73 Å². The zero-order chi connectivity index (χ0) is 52.6. The van der Waals surface area contributed by atoms with Crippen LogP contribution in [0.25, 0.3) is 45.3 Å². The number of carbonyl (C=O) groups excluding carboxylic acids is 1. The summed E-state index contributed by atoms with van der Waals surface area (Å²) in [6.07, 6.45) is -2.01. The maximum atomic E-state index is 13.7. The summed E-state index contributed by atoms with van der Waals surface area (Å²) in [5.74, 6) is -4.97. The van der Waals surface area contributed by atoms with Crippen molar-refractivity contribution in [1.29, 1.82) is 0 Å². The number of nitrogens with zero attached hydrogens (tertiary/aromatic N) is 6. The van der Waals surface area contributed by atoms with E-state index in [9.17, 15) is 40.3 Å². The van der Waals surface area contributed by atoms with E-state index in [1.54, 1.807) is 24.4 Å². The van der Waals surface area contributed by atoms with Crippen molar-refractivity contribution in [3.05, 3.63) is 152 Å². The Labute approximate surface area is 424 Å². The number of carboxylic acids is 1. The van der Waals surface area contributed by atoms with Crippen LogP contribution in [0, 0.1) is 30.2 Å². The van der Waals surface area contributed by atoms with Crippen LogP contribution in [-0.2, 0) is 26.5 Å². The van der Waals surface area contributed by atoms with Crippen molar-refractivity contribution < 1.29 is 63.9 Å². The number of benzene rings is 4. The van der Waals surface area contributed by atoms with Gasteiger partial charge in [-0.2, -0.15) is 23.1 Å². The van der Waals surface area contributed by atoms with E-state index in [4.69, 9.17) is 24.8 Å². The number of nitrogens with two attached hydrogens (primary N) is 1. The van der Waals surface area contributed by atoms with Gasteiger partial charge in [-0.3, -0.25) is 4.79 Å². The third-order valence-corrected chi connectivity index (χ3v) is 14.2. The smallest absolute Gasteiger partial charge is 0.471 e. The minimum atomic E-state index is -4.78. The zero-order valence-electron chi connectivity index (χ0n) is 38.9. The third kappa shape index (κ3) is 12.7. The number of rotatable bonds is 11. The number of alkyl halides is 3. The Morgan fingerprint density at radius 1 is 0.649 bits per heavy atom. The SMILES string of the molecule is Cc1nc(-c2cccc(C(=O)O)c2)no1.NCC1(c2nc(-c3cc(F)cc(F)c3)cs2)CCOCC1.O=C(NCC1(c2nc(-c3cc(F)cc(F)c3)cs2)CCOCC1)c1cccc(-c2noc(C(F)(F)F)n2)c1. The molecule has 8 aromatic rings. The van der Waals surface area contributed by atoms with Gasteiger partial charge in [0.15, 0.2) is 0 Å². The lowest BCUT2D eigenvalue weighted by molar-refractivity contribution is -0.159. The summed E-state index contributed by atoms with van der Waals surface area (Å²) in [5.41, 5.74) is 8.20. The van der Waals surface area contributed by atoms with Crippen LogP contribution in [0.3, 0.4) is 0 Å². The Bertz CT molecular complexity index is 3200. The fraction of sp³-hybridized carbons (Fsp3) is 0.280. The molecule has 74 heavy (non-hydrogen) atoms. The van der Waals surface area contributed by atoms with Gasteiger partial charge in [0.1, 0.15) is 33.3 Å². The maximum absolute atomic E-state index is 13.7. The minimum Gasteiger partial charge on any atom is -0.478 e. The van der Waals surface area contributed by atoms with Crippen LogP contribution in [0.5, 0.6) is 0 Å². The topological polar surface area (TPSA) is 214 Å². The molecule has 4 aromatic carbocycles. The first kappa shape index (κ1) is 53.1. The van der Waals surface area contributed by atoms with E-state index in [2.05, 4.69) is 40.1 Å². The molecule has 1 amide bonds. The van der Waals surface area contributed by atoms with E-state index < -0.39 is 52.6 Å². The molecule has 6 heterocycles. The number of amides is 1. The Balaban J connectivity index is 0.000000168. The van der Waals surface area contributed by atoms with E-state index in [0.29, 0.717) is 90.6 Å². The molecule has 2 aliphatic heterocycles. The molecule has 0 saturated carbocycles. The lowest BCUT2D eigenvalue weighted by atomic mass is 9.80. The predicted octanol–water partition coefficient (Wildman–Crippen LogP) is 10.5. The highest BCUT2D eigenvalue weighted by molar-refractivity contribution is 7.10. The van der Waals surface area contributed by atoms with Gasteiger partial charge in [-0.15, -0.1) is 22.7 Å². The minimum absolute atomic E-state index is 0.174. The van der Waals surface area contributed by atoms with Crippen LogP contribution >= 0.6 is 22.7 Å². The highest BCUT2D eigenvalue weighted by atomic mass is 32.1. The van der Waals surface area contributed by atoms with Crippen LogP contribution in [-0.4, -0.2) is 86.7 Å². The van der Waals surface area contributed by atoms with Crippen LogP contribution in [0.2, 0.25) is 0 Å². The second-order valence-electron chi connectivity index (χ2n) is 17.1. The molecule has 2 saturated heterocycles. The average Bonchev–Trinajstić information content (AvgIpc) is 4.25. The number of aryl methyl sites for hydroxylation is 1. The summed E-state index contributed by atoms with van der Waals surface area (Å²) in [5, 5.41) is 23.9. The Kier molecular flexibility index (Phi) is 16.4. The third-order valence-electron chi connectivity index (χ3n) is 12.1. The maximum Gasteiger partial charge on any atom is 0.471 e. The van der Waals surface area contributed by atoms with Gasteiger partial charge >= 0.3 is 18.0 Å². The van der Waals surface area contributed by atoms with E-state index in [0.717, 1.165) is 30.0 Å². The number of hydrogen-bond acceptors (Lipinski definition) is 15. The molecule has 0 bridgehead atoms. The fourth-order valence-corrected chi connectivity index (χ4v) is 10.2. The second-order valence-corrected chi connectivity index (χ2v) is 18.8. The Morgan fingerprint density at radius 3 is 1.59 bits per heavy atom. The summed E-state index contributed by atoms with van der Waals surface area (Å²) in [6, 6.07) is 18.9. The highest BCUT2D eigenvalue weighted by Gasteiger charge is 2.40. The molecule has 4 N–H and O–H groups in total. The first-order chi connectivity index (χ1) is 35.4. The van der Waals surface area contributed by atoms with Gasteiger partial charge in [-0.25, -0.2) is 32.3 Å². The number of hydrogen-bond donors (Lipinski definition) is 3. The highest BCUT2D eigenvalue weighted by Crippen LogP contribution is 2.40. The molecular weight excluding hydrogens is 1020 g/mol. The number of halogens is 7. The van der Waals surface area contributed by atoms with E-state index in [-0.39, 0.29) is 34.5 Å². The van der Waals surface area contributed by atoms with E-state index in [1.165, 1.54) is 83.3 Å². The molecule has 386 valence electrons. The van der Waals surface area contributed by atoms with Crippen molar-refractivity contribution >= 4 is 34.6 Å². The van der Waals surface area contributed by atoms with E-state index >= 15 is 0 Å². The van der Waals surface area contributed by atoms with Crippen LogP contribution in [0.4, 0.5) is 30.7 Å². The molecule has 2 aliphatic rings. The molecule has 0 radical (unpaired) electrons. The fourth-order valence-electron chi connectivity index (χ4n) is 8.01. The van der Waals surface area contributed by atoms with Crippen molar-refractivity contribution in [3.63, 3.8) is 0 Å². The number of carboxylic acid groups (broad SMARTS) is 1. The summed E-state index contributed by atoms with van der Waals surface area (Å²) < 4.78 is 112. The predicted molar refractivity (Wildman–Crippen MR) is 256 cm³/mol. The molecule has 0 aliphatic carbocycles. The largest absolute Gasteiger partial charge is 0.478 e. The van der Waals surface area contributed by atoms with Gasteiger partial charge in [0, 0.05) is 108 Å². The standard InChI is InChI=1S/C25H19F5N4O3S.C15H16F2N2OS.C10H8N2O3/c26-17-9-16(10-18(27)11-17)19-12-38-23(32-19)24(4-6-36-7-5-24)13-31-21(35)15-3-1-2-14(8-15)20-33-22(37-34-20)25(28,29)30;16-11-5-10(6-12(17)7-11)13-8-21-14(19-13)15(9-18)1-3-20-4-2-15;1-6-11-9(12-15-6)7-3-2-4-8(5-7)10(13)14/h1-3,8-12H,4-7,13H2,(H,31,35);5-8H,1-4,9,18H2;2-5H,1H3,(H,13,14). The lowest BCUT2D eigenvalue weighted by Crippen LogP contribution is -2.44. The van der Waals surface area contributed by atoms with Gasteiger partial charge in [0.2, 0.25) is 17.5 Å². The summed E-state index contributed by atoms with van der Waals surface area (Å²) in [6.45, 7) is 4.59. The van der Waals surface area contributed by atoms with E-state index in [1.807, 2.05) is 5.38 Å². The molecule has 0 atom stereocenters. The van der Waals surface area contributed by atoms with Gasteiger partial charge in [-0.05, 0) is 74.2 Å². The summed E-state index contributed by atoms with van der Waals surface area (Å²) in [7, 11) is 0. The first-order valence-electron chi connectivity index (χ1n) is 22.6. The Hall–Kier alpha value is -7.25. The van der Waals surface area contributed by atoms with Crippen LogP contribution in [0.15, 0.2) is 105 Å². The number of ether oxygens (including phenoxy) is 2. The number of carbonyl (C=O) groups is 2. The number of aromatic nitrogens is 6. The molecule has 10 rings (SSSR count). The zero-order valence-corrected chi connectivity index (χ0v) is 40.6. The van der Waals surface area contributed by atoms with Gasteiger partial charge in [-0.1, -0.05) is 34.6 Å². The Morgan fingerprint density at radius 2 is 1.12 bits per heavy atom. The molecule has 4 aromatic heterocycles. The van der Waals surface area contributed by atoms with Crippen molar-refractivity contribution in [1.82, 2.24) is 35.6 Å². The quantitative estimate of drug-likeness (QED) is 0.103. The number of aromatic carboxylic acids is 1. The van der Waals surface area contributed by atoms with Gasteiger partial charge in [0.25, 0.3) is 5.91 Å². The molecule has 24 heteroatoms. The summed E-state index contributed by atoms with van der Waals surface area (Å²) >= 11 is 2.83. The lowest BCUT2D eigenvalue weighted by Gasteiger charge is -2.35. The van der Waals surface area contributed by atoms with Crippen molar-refractivity contribution in [2.45, 2.75) is 49.6 Å². The normalized spacial score (nSPS) is 15.0. The van der Waals surface area contributed by atoms with Crippen molar-refractivity contribution in [3.8, 4) is 45.3 Å². The monoisotopic (exact) mass is 1060 g/mol. The van der Waals surface area contributed by atoms with Crippen LogP contribution < -0.4 is 11.1 Å². The van der Waals surface area contributed by atoms with Crippen LogP contribution in [0.1, 0.15) is 68.2 Å². The van der Waals surface area contributed by atoms with Crippen molar-refractivity contribution in [2.75, 3.05) is 39.5 Å². The van der Waals surface area contributed by atoms with Gasteiger partial charge < -0.3 is 34.7 Å². The molecule has 2 fully saturated rings. The average molecular weight is 1070 g/mol. The first-order valence-corrected chi connectivity index (χ1v) is 24.3. The number of thiazole rings is 2. The second kappa shape index (κ2) is 22.9. The van der Waals surface area contributed by atoms with Gasteiger partial charge in [0.05, 0.1) is 17.0 Å². The number of nitrogens with one attached hydrogen (secondary N) is 1. The molecule has 0 spiro atoms. The molecular formula is C50H43F7N8O7S2. The molecule has 15 nitrogen and oxygen atoms in total. The molecule has 0 unspecified atom stereocenters. The summed E-state index contributed by atoms with van der Waals surface area (Å²) in [4.78, 5) is 40.3.